The number of fused-ring (bicyclic) bond motifs is 1. The highest BCUT2D eigenvalue weighted by molar-refractivity contribution is 7.99. The van der Waals surface area contributed by atoms with E-state index in [4.69, 9.17) is 0 Å². The molecule has 3 aromatic rings. The predicted octanol–water partition coefficient (Wildman–Crippen LogP) is 4.83. The van der Waals surface area contributed by atoms with Gasteiger partial charge in [0.15, 0.2) is 5.16 Å². The number of carbonyl (C=O) groups is 1. The highest BCUT2D eigenvalue weighted by Gasteiger charge is 2.13. The number of thioether (sulfide) groups is 1. The molecule has 5 nitrogen and oxygen atoms in total. The number of para-hydroxylation sites is 1. The third-order valence-corrected chi connectivity index (χ3v) is 5.82. The van der Waals surface area contributed by atoms with Crippen LogP contribution >= 0.6 is 11.8 Å². The van der Waals surface area contributed by atoms with Gasteiger partial charge in [0, 0.05) is 12.2 Å². The van der Waals surface area contributed by atoms with E-state index in [0.717, 1.165) is 12.1 Å². The minimum atomic E-state index is -0.140. The smallest absolute Gasteiger partial charge is 0.262 e. The number of carbonyl (C=O) groups excluding carboxylic acids is 1. The van der Waals surface area contributed by atoms with Crippen molar-refractivity contribution >= 4 is 34.3 Å². The molecule has 0 saturated heterocycles. The maximum absolute atomic E-state index is 12.7. The summed E-state index contributed by atoms with van der Waals surface area (Å²) in [5.41, 5.74) is 2.52. The Morgan fingerprint density at radius 1 is 1.24 bits per heavy atom. The Labute approximate surface area is 174 Å². The molecule has 0 spiro atoms. The van der Waals surface area contributed by atoms with E-state index in [-0.39, 0.29) is 17.2 Å². The fourth-order valence-electron chi connectivity index (χ4n) is 3.01. The van der Waals surface area contributed by atoms with Crippen LogP contribution in [0.1, 0.15) is 31.7 Å². The Morgan fingerprint density at radius 3 is 2.66 bits per heavy atom. The standard InChI is InChI=1S/C23H25N3O2S/c1-4-14-26-22(28)19-8-6-7-9-20(19)25-23(26)29-15-21(27)24-18-12-10-17(11-13-18)16(3)5-2/h4,6-13,16H,1,5,14-15H2,2-3H3,(H,24,27)/t16-/m1/s1. The van der Waals surface area contributed by atoms with Gasteiger partial charge in [-0.15, -0.1) is 6.58 Å². The first-order valence-corrected chi connectivity index (χ1v) is 10.6. The van der Waals surface area contributed by atoms with Gasteiger partial charge in [-0.25, -0.2) is 4.98 Å². The number of anilines is 1. The average molecular weight is 408 g/mol. The van der Waals surface area contributed by atoms with Gasteiger partial charge < -0.3 is 5.32 Å². The molecule has 150 valence electrons. The quantitative estimate of drug-likeness (QED) is 0.330. The Hall–Kier alpha value is -2.86. The fourth-order valence-corrected chi connectivity index (χ4v) is 3.81. The van der Waals surface area contributed by atoms with Gasteiger partial charge in [-0.2, -0.15) is 0 Å². The van der Waals surface area contributed by atoms with Crippen molar-refractivity contribution < 1.29 is 4.79 Å². The van der Waals surface area contributed by atoms with E-state index in [1.807, 2.05) is 36.4 Å². The summed E-state index contributed by atoms with van der Waals surface area (Å²) in [6, 6.07) is 15.2. The minimum Gasteiger partial charge on any atom is -0.325 e. The van der Waals surface area contributed by atoms with Crippen molar-refractivity contribution in [2.24, 2.45) is 0 Å². The molecule has 0 bridgehead atoms. The number of benzene rings is 2. The molecule has 2 aromatic carbocycles. The van der Waals surface area contributed by atoms with Gasteiger partial charge in [-0.1, -0.05) is 56.0 Å². The number of allylic oxidation sites excluding steroid dienone is 1. The molecule has 1 atom stereocenters. The Bertz CT molecular complexity index is 1070. The summed E-state index contributed by atoms with van der Waals surface area (Å²) < 4.78 is 1.55. The van der Waals surface area contributed by atoms with E-state index in [1.165, 1.54) is 17.3 Å². The second-order valence-corrected chi connectivity index (χ2v) is 7.83. The second-order valence-electron chi connectivity index (χ2n) is 6.88. The van der Waals surface area contributed by atoms with Gasteiger partial charge in [-0.05, 0) is 42.2 Å². The van der Waals surface area contributed by atoms with Crippen molar-refractivity contribution in [3.8, 4) is 0 Å². The molecule has 0 unspecified atom stereocenters. The van der Waals surface area contributed by atoms with Crippen LogP contribution in [0.25, 0.3) is 10.9 Å². The summed E-state index contributed by atoms with van der Waals surface area (Å²) in [5.74, 6) is 0.518. The van der Waals surface area contributed by atoms with Crippen molar-refractivity contribution in [1.82, 2.24) is 9.55 Å². The summed E-state index contributed by atoms with van der Waals surface area (Å²) in [6.07, 6.45) is 2.73. The summed E-state index contributed by atoms with van der Waals surface area (Å²) in [7, 11) is 0. The monoisotopic (exact) mass is 407 g/mol. The lowest BCUT2D eigenvalue weighted by Crippen LogP contribution is -2.23. The van der Waals surface area contributed by atoms with E-state index in [9.17, 15) is 9.59 Å². The highest BCUT2D eigenvalue weighted by atomic mass is 32.2. The zero-order valence-electron chi connectivity index (χ0n) is 16.7. The Morgan fingerprint density at radius 2 is 1.97 bits per heavy atom. The Balaban J connectivity index is 1.72. The van der Waals surface area contributed by atoms with E-state index >= 15 is 0 Å². The molecule has 3 rings (SSSR count). The number of rotatable bonds is 8. The van der Waals surface area contributed by atoms with Gasteiger partial charge in [0.25, 0.3) is 5.56 Å². The number of nitrogens with zero attached hydrogens (tertiary/aromatic N) is 2. The molecule has 0 aliphatic carbocycles. The summed E-state index contributed by atoms with van der Waals surface area (Å²) in [6.45, 7) is 8.40. The molecule has 0 aliphatic rings. The molecule has 6 heteroatoms. The van der Waals surface area contributed by atoms with Gasteiger partial charge >= 0.3 is 0 Å². The lowest BCUT2D eigenvalue weighted by atomic mass is 9.99. The van der Waals surface area contributed by atoms with E-state index in [1.54, 1.807) is 22.8 Å². The maximum Gasteiger partial charge on any atom is 0.262 e. The van der Waals surface area contributed by atoms with Gasteiger partial charge in [0.2, 0.25) is 5.91 Å². The SMILES string of the molecule is C=CCn1c(SCC(=O)Nc2ccc([C@H](C)CC)cc2)nc2ccccc2c1=O. The molecule has 29 heavy (non-hydrogen) atoms. The maximum atomic E-state index is 12.7. The molecule has 1 aromatic heterocycles. The van der Waals surface area contributed by atoms with Crippen LogP contribution in [0.3, 0.4) is 0 Å². The van der Waals surface area contributed by atoms with Gasteiger partial charge in [0.1, 0.15) is 0 Å². The van der Waals surface area contributed by atoms with E-state index < -0.39 is 0 Å². The minimum absolute atomic E-state index is 0.126. The summed E-state index contributed by atoms with van der Waals surface area (Å²) in [4.78, 5) is 29.7. The molecule has 0 aliphatic heterocycles. The molecular weight excluding hydrogens is 382 g/mol. The van der Waals surface area contributed by atoms with Crippen LogP contribution in [-0.2, 0) is 11.3 Å². The molecule has 1 amide bonds. The molecule has 1 N–H and O–H groups in total. The van der Waals surface area contributed by atoms with Crippen LogP contribution < -0.4 is 10.9 Å². The van der Waals surface area contributed by atoms with Crippen LogP contribution in [0.15, 0.2) is 71.1 Å². The lowest BCUT2D eigenvalue weighted by Gasteiger charge is -2.12. The largest absolute Gasteiger partial charge is 0.325 e. The average Bonchev–Trinajstić information content (AvgIpc) is 2.74. The highest BCUT2D eigenvalue weighted by Crippen LogP contribution is 2.21. The number of hydrogen-bond acceptors (Lipinski definition) is 4. The fraction of sp³-hybridized carbons (Fsp3) is 0.261. The zero-order valence-corrected chi connectivity index (χ0v) is 17.5. The third-order valence-electron chi connectivity index (χ3n) is 4.85. The van der Waals surface area contributed by atoms with Gasteiger partial charge in [0.05, 0.1) is 16.7 Å². The van der Waals surface area contributed by atoms with Crippen LogP contribution in [0, 0.1) is 0 Å². The van der Waals surface area contributed by atoms with Crippen molar-refractivity contribution in [2.75, 3.05) is 11.1 Å². The van der Waals surface area contributed by atoms with Crippen molar-refractivity contribution in [3.05, 3.63) is 77.1 Å². The number of nitrogens with one attached hydrogen (secondary N) is 1. The Kier molecular flexibility index (Phi) is 6.88. The molecular formula is C23H25N3O2S. The van der Waals surface area contributed by atoms with Crippen molar-refractivity contribution in [1.29, 1.82) is 0 Å². The number of hydrogen-bond donors (Lipinski definition) is 1. The predicted molar refractivity (Wildman–Crippen MR) is 121 cm³/mol. The zero-order chi connectivity index (χ0) is 20.8. The normalized spacial score (nSPS) is 11.9. The van der Waals surface area contributed by atoms with E-state index in [0.29, 0.717) is 28.5 Å². The first-order chi connectivity index (χ1) is 14.0. The topological polar surface area (TPSA) is 64.0 Å². The van der Waals surface area contributed by atoms with Crippen molar-refractivity contribution in [3.63, 3.8) is 0 Å². The first-order valence-electron chi connectivity index (χ1n) is 9.66. The molecule has 0 saturated carbocycles. The lowest BCUT2D eigenvalue weighted by molar-refractivity contribution is -0.113. The second kappa shape index (κ2) is 9.56. The van der Waals surface area contributed by atoms with Crippen molar-refractivity contribution in [2.45, 2.75) is 37.9 Å². The van der Waals surface area contributed by atoms with E-state index in [2.05, 4.69) is 30.7 Å². The number of aromatic nitrogens is 2. The molecule has 0 radical (unpaired) electrons. The number of amides is 1. The third kappa shape index (κ3) is 4.95. The molecule has 0 fully saturated rings. The molecule has 1 heterocycles. The summed E-state index contributed by atoms with van der Waals surface area (Å²) in [5, 5.41) is 3.97. The van der Waals surface area contributed by atoms with Crippen LogP contribution in [0.2, 0.25) is 0 Å². The van der Waals surface area contributed by atoms with Crippen LogP contribution in [0.4, 0.5) is 5.69 Å². The van der Waals surface area contributed by atoms with Crippen LogP contribution in [0.5, 0.6) is 0 Å². The van der Waals surface area contributed by atoms with Crippen LogP contribution in [-0.4, -0.2) is 21.2 Å². The first kappa shape index (κ1) is 20.9. The van der Waals surface area contributed by atoms with Gasteiger partial charge in [-0.3, -0.25) is 14.2 Å². The summed E-state index contributed by atoms with van der Waals surface area (Å²) >= 11 is 1.25.